The number of nitrogens with one attached hydrogen (secondary N) is 1. The fraction of sp³-hybridized carbons (Fsp3) is 0.105. The van der Waals surface area contributed by atoms with Crippen molar-refractivity contribution in [2.75, 3.05) is 11.9 Å². The molecule has 1 heterocycles. The highest BCUT2D eigenvalue weighted by Gasteiger charge is 2.21. The zero-order valence-corrected chi connectivity index (χ0v) is 16.9. The second kappa shape index (κ2) is 9.05. The molecular formula is C19H16Cl2N4O2S. The number of carbonyl (C=O) groups is 2. The Morgan fingerprint density at radius 2 is 1.89 bits per heavy atom. The lowest BCUT2D eigenvalue weighted by molar-refractivity contribution is -0.118. The van der Waals surface area contributed by atoms with Gasteiger partial charge in [0, 0.05) is 16.9 Å². The molecule has 0 saturated carbocycles. The number of carbonyl (C=O) groups excluding carboxylic acids is 2. The largest absolute Gasteiger partial charge is 0.368 e. The van der Waals surface area contributed by atoms with Crippen LogP contribution in [0.3, 0.4) is 0 Å². The van der Waals surface area contributed by atoms with E-state index >= 15 is 0 Å². The third-order valence-corrected chi connectivity index (χ3v) is 5.07. The first-order valence-corrected chi connectivity index (χ1v) is 9.85. The van der Waals surface area contributed by atoms with E-state index in [1.54, 1.807) is 23.6 Å². The van der Waals surface area contributed by atoms with Crippen LogP contribution in [-0.4, -0.2) is 28.2 Å². The van der Waals surface area contributed by atoms with Crippen LogP contribution in [0.2, 0.25) is 10.0 Å². The number of nitrogens with zero attached hydrogens (tertiary/aromatic N) is 2. The molecule has 3 N–H and O–H groups in total. The van der Waals surface area contributed by atoms with Crippen molar-refractivity contribution in [3.8, 4) is 0 Å². The summed E-state index contributed by atoms with van der Waals surface area (Å²) in [6.07, 6.45) is 0. The topological polar surface area (TPSA) is 88.3 Å². The molecule has 2 amide bonds. The Morgan fingerprint density at radius 1 is 1.14 bits per heavy atom. The van der Waals surface area contributed by atoms with Crippen molar-refractivity contribution >= 4 is 57.2 Å². The van der Waals surface area contributed by atoms with E-state index in [9.17, 15) is 9.59 Å². The van der Waals surface area contributed by atoms with Crippen LogP contribution in [0.25, 0.3) is 0 Å². The number of halogens is 2. The van der Waals surface area contributed by atoms with Crippen LogP contribution in [0.5, 0.6) is 0 Å². The van der Waals surface area contributed by atoms with Crippen LogP contribution in [0, 0.1) is 0 Å². The van der Waals surface area contributed by atoms with Crippen molar-refractivity contribution < 1.29 is 9.59 Å². The average Bonchev–Trinajstić information content (AvgIpc) is 3.12. The maximum atomic E-state index is 12.9. The van der Waals surface area contributed by atoms with Crippen molar-refractivity contribution in [2.24, 2.45) is 5.73 Å². The SMILES string of the molecule is NC(=O)CN(Cc1ccccc1)C(=O)c1csc(Nc2cc(Cl)ccc2Cl)n1. The van der Waals surface area contributed by atoms with Gasteiger partial charge in [-0.1, -0.05) is 53.5 Å². The Hall–Kier alpha value is -2.61. The number of rotatable bonds is 7. The van der Waals surface area contributed by atoms with Gasteiger partial charge in [0.1, 0.15) is 12.2 Å². The molecule has 0 radical (unpaired) electrons. The second-order valence-electron chi connectivity index (χ2n) is 5.90. The summed E-state index contributed by atoms with van der Waals surface area (Å²) in [4.78, 5) is 30.0. The molecule has 6 nitrogen and oxygen atoms in total. The molecule has 0 aliphatic carbocycles. The van der Waals surface area contributed by atoms with Crippen LogP contribution in [0.1, 0.15) is 16.1 Å². The first-order chi connectivity index (χ1) is 13.4. The minimum Gasteiger partial charge on any atom is -0.368 e. The molecule has 144 valence electrons. The molecule has 28 heavy (non-hydrogen) atoms. The number of nitrogens with two attached hydrogens (primary N) is 1. The van der Waals surface area contributed by atoms with Crippen molar-refractivity contribution in [1.82, 2.24) is 9.88 Å². The first-order valence-electron chi connectivity index (χ1n) is 8.21. The average molecular weight is 435 g/mol. The highest BCUT2D eigenvalue weighted by molar-refractivity contribution is 7.14. The van der Waals surface area contributed by atoms with Crippen LogP contribution >= 0.6 is 34.5 Å². The van der Waals surface area contributed by atoms with Crippen molar-refractivity contribution in [3.05, 3.63) is 75.2 Å². The molecule has 0 aliphatic heterocycles. The number of thiazole rings is 1. The summed E-state index contributed by atoms with van der Waals surface area (Å²) in [6, 6.07) is 14.4. The van der Waals surface area contributed by atoms with E-state index in [1.807, 2.05) is 30.3 Å². The number of hydrogen-bond donors (Lipinski definition) is 2. The van der Waals surface area contributed by atoms with E-state index in [0.29, 0.717) is 20.9 Å². The smallest absolute Gasteiger partial charge is 0.274 e. The van der Waals surface area contributed by atoms with Gasteiger partial charge in [0.25, 0.3) is 5.91 Å². The number of amides is 2. The third kappa shape index (κ3) is 5.22. The summed E-state index contributed by atoms with van der Waals surface area (Å²) in [6.45, 7) is 0.0527. The van der Waals surface area contributed by atoms with Gasteiger partial charge in [-0.05, 0) is 23.8 Å². The van der Waals surface area contributed by atoms with E-state index in [1.165, 1.54) is 16.2 Å². The molecule has 0 spiro atoms. The normalized spacial score (nSPS) is 10.5. The Kier molecular flexibility index (Phi) is 6.51. The van der Waals surface area contributed by atoms with Crippen molar-refractivity contribution in [2.45, 2.75) is 6.54 Å². The number of hydrogen-bond acceptors (Lipinski definition) is 5. The molecule has 9 heteroatoms. The van der Waals surface area contributed by atoms with Gasteiger partial charge in [0.2, 0.25) is 5.91 Å². The molecule has 0 unspecified atom stereocenters. The first kappa shape index (κ1) is 20.1. The summed E-state index contributed by atoms with van der Waals surface area (Å²) < 4.78 is 0. The summed E-state index contributed by atoms with van der Waals surface area (Å²) in [5.74, 6) is -0.979. The number of primary amides is 1. The van der Waals surface area contributed by atoms with Gasteiger partial charge in [-0.2, -0.15) is 0 Å². The summed E-state index contributed by atoms with van der Waals surface area (Å²) >= 11 is 13.4. The zero-order chi connectivity index (χ0) is 20.1. The Bertz CT molecular complexity index is 995. The highest BCUT2D eigenvalue weighted by Crippen LogP contribution is 2.30. The van der Waals surface area contributed by atoms with E-state index in [0.717, 1.165) is 5.56 Å². The van der Waals surface area contributed by atoms with E-state index in [-0.39, 0.29) is 24.7 Å². The third-order valence-electron chi connectivity index (χ3n) is 3.74. The summed E-state index contributed by atoms with van der Waals surface area (Å²) in [5.41, 5.74) is 6.99. The number of anilines is 2. The molecule has 0 bridgehead atoms. The molecule has 3 aromatic rings. The van der Waals surface area contributed by atoms with Gasteiger partial charge in [-0.25, -0.2) is 4.98 Å². The molecule has 0 aliphatic rings. The lowest BCUT2D eigenvalue weighted by Crippen LogP contribution is -2.38. The Balaban J connectivity index is 1.78. The number of aromatic nitrogens is 1. The highest BCUT2D eigenvalue weighted by atomic mass is 35.5. The minimum atomic E-state index is -0.594. The van der Waals surface area contributed by atoms with Crippen LogP contribution in [0.4, 0.5) is 10.8 Å². The quantitative estimate of drug-likeness (QED) is 0.579. The second-order valence-corrected chi connectivity index (χ2v) is 7.60. The fourth-order valence-electron chi connectivity index (χ4n) is 2.49. The maximum Gasteiger partial charge on any atom is 0.274 e. The molecule has 2 aromatic carbocycles. The van der Waals surface area contributed by atoms with Crippen molar-refractivity contribution in [3.63, 3.8) is 0 Å². The minimum absolute atomic E-state index is 0.200. The zero-order valence-electron chi connectivity index (χ0n) is 14.6. The van der Waals surface area contributed by atoms with Crippen LogP contribution in [-0.2, 0) is 11.3 Å². The van der Waals surface area contributed by atoms with Crippen LogP contribution < -0.4 is 11.1 Å². The monoisotopic (exact) mass is 434 g/mol. The molecular weight excluding hydrogens is 419 g/mol. The molecule has 0 fully saturated rings. The maximum absolute atomic E-state index is 12.9. The molecule has 0 atom stereocenters. The van der Waals surface area contributed by atoms with Gasteiger partial charge in [0.05, 0.1) is 10.7 Å². The summed E-state index contributed by atoms with van der Waals surface area (Å²) in [5, 5.41) is 6.14. The standard InChI is InChI=1S/C19H16Cl2N4O2S/c20-13-6-7-14(21)15(8-13)23-19-24-16(11-28-19)18(27)25(10-17(22)26)9-12-4-2-1-3-5-12/h1-8,11H,9-10H2,(H2,22,26)(H,23,24). The molecule has 1 aromatic heterocycles. The van der Waals surface area contributed by atoms with E-state index in [4.69, 9.17) is 28.9 Å². The fourth-order valence-corrected chi connectivity index (χ4v) is 3.52. The van der Waals surface area contributed by atoms with Crippen LogP contribution in [0.15, 0.2) is 53.9 Å². The lowest BCUT2D eigenvalue weighted by Gasteiger charge is -2.20. The Labute approximate surface area is 175 Å². The van der Waals surface area contributed by atoms with Gasteiger partial charge in [-0.15, -0.1) is 11.3 Å². The predicted molar refractivity (Wildman–Crippen MR) is 112 cm³/mol. The predicted octanol–water partition coefficient (Wildman–Crippen LogP) is 4.32. The number of benzene rings is 2. The lowest BCUT2D eigenvalue weighted by atomic mass is 10.2. The van der Waals surface area contributed by atoms with E-state index in [2.05, 4.69) is 10.3 Å². The summed E-state index contributed by atoms with van der Waals surface area (Å²) in [7, 11) is 0. The van der Waals surface area contributed by atoms with Gasteiger partial charge in [0.15, 0.2) is 5.13 Å². The van der Waals surface area contributed by atoms with Gasteiger partial charge in [-0.3, -0.25) is 9.59 Å². The molecule has 0 saturated heterocycles. The van der Waals surface area contributed by atoms with Gasteiger partial charge < -0.3 is 16.0 Å². The van der Waals surface area contributed by atoms with E-state index < -0.39 is 5.91 Å². The molecule has 3 rings (SSSR count). The van der Waals surface area contributed by atoms with Crippen molar-refractivity contribution in [1.29, 1.82) is 0 Å². The van der Waals surface area contributed by atoms with Gasteiger partial charge >= 0.3 is 0 Å². The Morgan fingerprint density at radius 3 is 2.61 bits per heavy atom.